The van der Waals surface area contributed by atoms with E-state index >= 15 is 0 Å². The number of hydrogen-bond acceptors (Lipinski definition) is 4. The molecule has 2 N–H and O–H groups in total. The highest BCUT2D eigenvalue weighted by Gasteiger charge is 2.25. The van der Waals surface area contributed by atoms with Gasteiger partial charge in [-0.15, -0.1) is 0 Å². The van der Waals surface area contributed by atoms with Crippen molar-refractivity contribution in [3.8, 4) is 0 Å². The van der Waals surface area contributed by atoms with E-state index in [2.05, 4.69) is 4.98 Å². The van der Waals surface area contributed by atoms with Gasteiger partial charge in [-0.3, -0.25) is 0 Å². The molecule has 2 heterocycles. The second-order valence-corrected chi connectivity index (χ2v) is 5.88. The van der Waals surface area contributed by atoms with Crippen LogP contribution in [0, 0.1) is 0 Å². The molecular weight excluding hydrogens is 202 g/mol. The summed E-state index contributed by atoms with van der Waals surface area (Å²) in [7, 11) is -2.79. The summed E-state index contributed by atoms with van der Waals surface area (Å²) in [6.07, 6.45) is 4.72. The first-order valence-corrected chi connectivity index (χ1v) is 6.39. The average molecular weight is 215 g/mol. The molecule has 0 aromatic carbocycles. The van der Waals surface area contributed by atoms with E-state index in [0.29, 0.717) is 18.8 Å². The molecule has 1 saturated heterocycles. The molecule has 0 saturated carbocycles. The van der Waals surface area contributed by atoms with Gasteiger partial charge < -0.3 is 10.3 Å². The lowest BCUT2D eigenvalue weighted by Gasteiger charge is -2.23. The maximum Gasteiger partial charge on any atom is 0.200 e. The molecule has 1 fully saturated rings. The predicted molar refractivity (Wildman–Crippen MR) is 53.6 cm³/mol. The van der Waals surface area contributed by atoms with Crippen molar-refractivity contribution in [1.82, 2.24) is 9.55 Å². The van der Waals surface area contributed by atoms with Gasteiger partial charge in [-0.05, 0) is 12.8 Å². The molecule has 2 rings (SSSR count). The second kappa shape index (κ2) is 3.27. The molecule has 0 atom stereocenters. The number of sulfone groups is 1. The quantitative estimate of drug-likeness (QED) is 0.726. The first kappa shape index (κ1) is 9.51. The SMILES string of the molecule is Nc1nccn1C1CCS(=O)(=O)CC1. The number of anilines is 1. The average Bonchev–Trinajstić information content (AvgIpc) is 2.52. The topological polar surface area (TPSA) is 78.0 Å². The first-order chi connectivity index (χ1) is 6.58. The Morgan fingerprint density at radius 2 is 2.07 bits per heavy atom. The first-order valence-electron chi connectivity index (χ1n) is 4.57. The van der Waals surface area contributed by atoms with Crippen LogP contribution in [-0.2, 0) is 9.84 Å². The number of nitrogen functional groups attached to an aromatic ring is 1. The van der Waals surface area contributed by atoms with Crippen LogP contribution >= 0.6 is 0 Å². The van der Waals surface area contributed by atoms with Gasteiger partial charge >= 0.3 is 0 Å². The monoisotopic (exact) mass is 215 g/mol. The summed E-state index contributed by atoms with van der Waals surface area (Å²) in [6.45, 7) is 0. The lowest BCUT2D eigenvalue weighted by molar-refractivity contribution is 0.454. The van der Waals surface area contributed by atoms with Crippen LogP contribution in [0.5, 0.6) is 0 Å². The van der Waals surface area contributed by atoms with Gasteiger partial charge in [0.2, 0.25) is 0 Å². The molecule has 0 aliphatic carbocycles. The van der Waals surface area contributed by atoms with E-state index in [-0.39, 0.29) is 17.5 Å². The number of imidazole rings is 1. The third-order valence-electron chi connectivity index (χ3n) is 2.62. The largest absolute Gasteiger partial charge is 0.369 e. The van der Waals surface area contributed by atoms with E-state index in [0.717, 1.165) is 0 Å². The fourth-order valence-electron chi connectivity index (χ4n) is 1.79. The van der Waals surface area contributed by atoms with Gasteiger partial charge in [0.05, 0.1) is 11.5 Å². The van der Waals surface area contributed by atoms with Gasteiger partial charge in [-0.1, -0.05) is 0 Å². The molecule has 6 heteroatoms. The Hall–Kier alpha value is -1.04. The molecule has 5 nitrogen and oxygen atoms in total. The van der Waals surface area contributed by atoms with Crippen LogP contribution in [-0.4, -0.2) is 29.5 Å². The van der Waals surface area contributed by atoms with Crippen LogP contribution in [0.25, 0.3) is 0 Å². The van der Waals surface area contributed by atoms with E-state index in [4.69, 9.17) is 5.73 Å². The molecule has 0 spiro atoms. The molecule has 1 aromatic heterocycles. The fourth-order valence-corrected chi connectivity index (χ4v) is 3.26. The van der Waals surface area contributed by atoms with Crippen LogP contribution < -0.4 is 5.73 Å². The smallest absolute Gasteiger partial charge is 0.200 e. The van der Waals surface area contributed by atoms with Gasteiger partial charge in [0.15, 0.2) is 5.95 Å². The van der Waals surface area contributed by atoms with Crippen molar-refractivity contribution >= 4 is 15.8 Å². The summed E-state index contributed by atoms with van der Waals surface area (Å²) >= 11 is 0. The van der Waals surface area contributed by atoms with Gasteiger partial charge in [0, 0.05) is 18.4 Å². The molecule has 0 amide bonds. The van der Waals surface area contributed by atoms with Gasteiger partial charge in [0.25, 0.3) is 0 Å². The summed E-state index contributed by atoms with van der Waals surface area (Å²) in [5, 5.41) is 0. The maximum absolute atomic E-state index is 11.2. The zero-order valence-electron chi connectivity index (χ0n) is 7.76. The molecule has 1 aliphatic heterocycles. The minimum atomic E-state index is -2.79. The predicted octanol–water partition coefficient (Wildman–Crippen LogP) is 0.215. The number of nitrogens with two attached hydrogens (primary N) is 1. The Kier molecular flexibility index (Phi) is 2.22. The summed E-state index contributed by atoms with van der Waals surface area (Å²) < 4.78 is 24.2. The lowest BCUT2D eigenvalue weighted by atomic mass is 10.1. The van der Waals surface area contributed by atoms with Crippen molar-refractivity contribution < 1.29 is 8.42 Å². The minimum Gasteiger partial charge on any atom is -0.369 e. The van der Waals surface area contributed by atoms with Crippen LogP contribution in [0.2, 0.25) is 0 Å². The van der Waals surface area contributed by atoms with E-state index in [1.54, 1.807) is 12.4 Å². The van der Waals surface area contributed by atoms with Gasteiger partial charge in [-0.2, -0.15) is 0 Å². The second-order valence-electron chi connectivity index (χ2n) is 3.58. The molecule has 0 unspecified atom stereocenters. The number of nitrogens with zero attached hydrogens (tertiary/aromatic N) is 2. The summed E-state index contributed by atoms with van der Waals surface area (Å²) in [6, 6.07) is 0.195. The Morgan fingerprint density at radius 1 is 1.43 bits per heavy atom. The normalized spacial score (nSPS) is 22.3. The van der Waals surface area contributed by atoms with Crippen molar-refractivity contribution in [2.45, 2.75) is 18.9 Å². The van der Waals surface area contributed by atoms with E-state index < -0.39 is 9.84 Å². The Morgan fingerprint density at radius 3 is 2.57 bits per heavy atom. The highest BCUT2D eigenvalue weighted by atomic mass is 32.2. The summed E-state index contributed by atoms with van der Waals surface area (Å²) in [5.41, 5.74) is 5.64. The highest BCUT2D eigenvalue weighted by Crippen LogP contribution is 2.25. The van der Waals surface area contributed by atoms with Crippen LogP contribution in [0.1, 0.15) is 18.9 Å². The zero-order chi connectivity index (χ0) is 10.2. The Labute approximate surface area is 82.9 Å². The molecule has 78 valence electrons. The fraction of sp³-hybridized carbons (Fsp3) is 0.625. The van der Waals surface area contributed by atoms with Crippen molar-refractivity contribution in [2.24, 2.45) is 0 Å². The number of hydrogen-bond donors (Lipinski definition) is 1. The van der Waals surface area contributed by atoms with Crippen molar-refractivity contribution in [3.05, 3.63) is 12.4 Å². The highest BCUT2D eigenvalue weighted by molar-refractivity contribution is 7.91. The van der Waals surface area contributed by atoms with E-state index in [9.17, 15) is 8.42 Å². The third-order valence-corrected chi connectivity index (χ3v) is 4.33. The Balaban J connectivity index is 2.13. The Bertz CT molecular complexity index is 410. The van der Waals surface area contributed by atoms with Crippen molar-refractivity contribution in [1.29, 1.82) is 0 Å². The van der Waals surface area contributed by atoms with Gasteiger partial charge in [-0.25, -0.2) is 13.4 Å². The van der Waals surface area contributed by atoms with Crippen molar-refractivity contribution in [3.63, 3.8) is 0 Å². The van der Waals surface area contributed by atoms with Gasteiger partial charge in [0.1, 0.15) is 9.84 Å². The molecule has 0 radical (unpaired) electrons. The van der Waals surface area contributed by atoms with E-state index in [1.807, 2.05) is 4.57 Å². The van der Waals surface area contributed by atoms with Crippen LogP contribution in [0.4, 0.5) is 5.95 Å². The zero-order valence-corrected chi connectivity index (χ0v) is 8.57. The molecule has 1 aliphatic rings. The van der Waals surface area contributed by atoms with Crippen LogP contribution in [0.15, 0.2) is 12.4 Å². The standard InChI is InChI=1S/C8H13N3O2S/c9-8-10-3-4-11(8)7-1-5-14(12,13)6-2-7/h3-4,7H,1-2,5-6H2,(H2,9,10). The van der Waals surface area contributed by atoms with Crippen LogP contribution in [0.3, 0.4) is 0 Å². The number of rotatable bonds is 1. The molecule has 0 bridgehead atoms. The molecule has 14 heavy (non-hydrogen) atoms. The minimum absolute atomic E-state index is 0.195. The molecule has 1 aromatic rings. The maximum atomic E-state index is 11.2. The summed E-state index contributed by atoms with van der Waals surface area (Å²) in [5.74, 6) is 0.985. The van der Waals surface area contributed by atoms with Crippen molar-refractivity contribution in [2.75, 3.05) is 17.2 Å². The number of aromatic nitrogens is 2. The third kappa shape index (κ3) is 1.75. The molecular formula is C8H13N3O2S. The lowest BCUT2D eigenvalue weighted by Crippen LogP contribution is -2.25. The summed E-state index contributed by atoms with van der Waals surface area (Å²) in [4.78, 5) is 3.92. The van der Waals surface area contributed by atoms with E-state index in [1.165, 1.54) is 0 Å².